The Morgan fingerprint density at radius 1 is 1.32 bits per heavy atom. The maximum atomic E-state index is 12.1. The highest BCUT2D eigenvalue weighted by Gasteiger charge is 2.16. The summed E-state index contributed by atoms with van der Waals surface area (Å²) < 4.78 is 10.4. The molecule has 0 saturated carbocycles. The minimum atomic E-state index is -1.10. The maximum absolute atomic E-state index is 12.1. The van der Waals surface area contributed by atoms with Crippen LogP contribution < -0.4 is 10.1 Å². The van der Waals surface area contributed by atoms with Gasteiger partial charge in [0.1, 0.15) is 5.75 Å². The summed E-state index contributed by atoms with van der Waals surface area (Å²) in [5.41, 5.74) is 0.871. The van der Waals surface area contributed by atoms with Crippen molar-refractivity contribution in [3.63, 3.8) is 0 Å². The van der Waals surface area contributed by atoms with Gasteiger partial charge < -0.3 is 19.7 Å². The number of ether oxygens (including phenoxy) is 1. The predicted molar refractivity (Wildman–Crippen MR) is 78.4 cm³/mol. The Bertz CT molecular complexity index is 706. The first-order chi connectivity index (χ1) is 10.4. The van der Waals surface area contributed by atoms with Crippen LogP contribution in [-0.4, -0.2) is 28.2 Å². The van der Waals surface area contributed by atoms with Crippen LogP contribution in [0, 0.1) is 6.92 Å². The van der Waals surface area contributed by atoms with Crippen LogP contribution in [0.2, 0.25) is 0 Å². The normalized spacial score (nSPS) is 10.5. The minimum Gasteiger partial charge on any atom is -0.489 e. The Morgan fingerprint density at radius 3 is 2.59 bits per heavy atom. The summed E-state index contributed by atoms with van der Waals surface area (Å²) in [6.07, 6.45) is -0.126. The first kappa shape index (κ1) is 15.6. The minimum absolute atomic E-state index is 0.0359. The van der Waals surface area contributed by atoms with Gasteiger partial charge in [-0.25, -0.2) is 4.79 Å². The number of benzene rings is 1. The molecule has 0 saturated heterocycles. The van der Waals surface area contributed by atoms with Crippen molar-refractivity contribution in [1.29, 1.82) is 0 Å². The standard InChI is InChI=1S/C15H16N2O5/c1-8(2)21-12-5-4-10(15(19)20)7-11(12)16-14(18)13-6-9(3)17-22-13/h4-8H,1-3H3,(H,16,18)(H,19,20). The molecule has 1 aromatic heterocycles. The molecule has 0 atom stereocenters. The molecular weight excluding hydrogens is 288 g/mol. The molecule has 0 unspecified atom stereocenters. The highest BCUT2D eigenvalue weighted by Crippen LogP contribution is 2.27. The molecule has 22 heavy (non-hydrogen) atoms. The second-order valence-corrected chi connectivity index (χ2v) is 4.97. The number of anilines is 1. The van der Waals surface area contributed by atoms with Crippen molar-refractivity contribution in [2.24, 2.45) is 0 Å². The molecule has 0 spiro atoms. The highest BCUT2D eigenvalue weighted by molar-refractivity contribution is 6.03. The van der Waals surface area contributed by atoms with Gasteiger partial charge in [0.05, 0.1) is 23.0 Å². The number of carbonyl (C=O) groups is 2. The molecule has 0 aliphatic carbocycles. The van der Waals surface area contributed by atoms with E-state index in [1.807, 2.05) is 13.8 Å². The molecule has 0 aliphatic rings. The van der Waals surface area contributed by atoms with Crippen LogP contribution in [0.1, 0.15) is 40.5 Å². The summed E-state index contributed by atoms with van der Waals surface area (Å²) in [5.74, 6) is -1.21. The smallest absolute Gasteiger partial charge is 0.335 e. The zero-order chi connectivity index (χ0) is 16.3. The average molecular weight is 304 g/mol. The van der Waals surface area contributed by atoms with Crippen LogP contribution >= 0.6 is 0 Å². The van der Waals surface area contributed by atoms with E-state index in [-0.39, 0.29) is 23.1 Å². The second kappa shape index (κ2) is 6.30. The largest absolute Gasteiger partial charge is 0.489 e. The molecule has 116 valence electrons. The van der Waals surface area contributed by atoms with Gasteiger partial charge in [0.15, 0.2) is 0 Å². The van der Waals surface area contributed by atoms with Crippen LogP contribution in [0.4, 0.5) is 5.69 Å². The molecule has 0 bridgehead atoms. The number of aromatic nitrogens is 1. The summed E-state index contributed by atoms with van der Waals surface area (Å²) in [6.45, 7) is 5.35. The molecule has 0 radical (unpaired) electrons. The quantitative estimate of drug-likeness (QED) is 0.880. The van der Waals surface area contributed by atoms with E-state index in [1.165, 1.54) is 24.3 Å². The number of amides is 1. The number of nitrogens with zero attached hydrogens (tertiary/aromatic N) is 1. The molecule has 2 rings (SSSR count). The van der Waals surface area contributed by atoms with E-state index in [2.05, 4.69) is 10.5 Å². The van der Waals surface area contributed by atoms with E-state index in [9.17, 15) is 9.59 Å². The average Bonchev–Trinajstić information content (AvgIpc) is 2.86. The van der Waals surface area contributed by atoms with E-state index in [4.69, 9.17) is 14.4 Å². The van der Waals surface area contributed by atoms with Gasteiger partial charge in [0, 0.05) is 6.07 Å². The van der Waals surface area contributed by atoms with Crippen LogP contribution in [0.3, 0.4) is 0 Å². The number of hydrogen-bond donors (Lipinski definition) is 2. The zero-order valence-corrected chi connectivity index (χ0v) is 12.4. The topological polar surface area (TPSA) is 102 Å². The number of rotatable bonds is 5. The summed E-state index contributed by atoms with van der Waals surface area (Å²) in [4.78, 5) is 23.2. The summed E-state index contributed by atoms with van der Waals surface area (Å²) in [7, 11) is 0. The van der Waals surface area contributed by atoms with Crippen molar-refractivity contribution in [3.05, 3.63) is 41.3 Å². The molecule has 1 aromatic carbocycles. The van der Waals surface area contributed by atoms with Gasteiger partial charge in [-0.1, -0.05) is 5.16 Å². The highest BCUT2D eigenvalue weighted by atomic mass is 16.5. The fraction of sp³-hybridized carbons (Fsp3) is 0.267. The second-order valence-electron chi connectivity index (χ2n) is 4.97. The molecule has 2 N–H and O–H groups in total. The summed E-state index contributed by atoms with van der Waals surface area (Å²) in [5, 5.41) is 15.3. The third kappa shape index (κ3) is 3.63. The number of nitrogens with one attached hydrogen (secondary N) is 1. The fourth-order valence-electron chi connectivity index (χ4n) is 1.77. The van der Waals surface area contributed by atoms with Crippen molar-refractivity contribution >= 4 is 17.6 Å². The van der Waals surface area contributed by atoms with Crippen molar-refractivity contribution < 1.29 is 24.0 Å². The van der Waals surface area contributed by atoms with Gasteiger partial charge >= 0.3 is 5.97 Å². The Labute approximate surface area is 126 Å². The Kier molecular flexibility index (Phi) is 4.45. The SMILES string of the molecule is Cc1cc(C(=O)Nc2cc(C(=O)O)ccc2OC(C)C)on1. The Hall–Kier alpha value is -2.83. The number of carbonyl (C=O) groups excluding carboxylic acids is 1. The fourth-order valence-corrected chi connectivity index (χ4v) is 1.77. The molecular formula is C15H16N2O5. The van der Waals surface area contributed by atoms with E-state index >= 15 is 0 Å². The molecule has 0 aliphatic heterocycles. The van der Waals surface area contributed by atoms with Crippen molar-refractivity contribution in [3.8, 4) is 5.75 Å². The molecule has 0 fully saturated rings. The van der Waals surface area contributed by atoms with Crippen LogP contribution in [0.5, 0.6) is 5.75 Å². The number of carboxylic acid groups (broad SMARTS) is 1. The van der Waals surface area contributed by atoms with Crippen molar-refractivity contribution in [1.82, 2.24) is 5.16 Å². The maximum Gasteiger partial charge on any atom is 0.335 e. The predicted octanol–water partition coefficient (Wildman–Crippen LogP) is 2.72. The molecule has 1 amide bonds. The Balaban J connectivity index is 2.31. The lowest BCUT2D eigenvalue weighted by Gasteiger charge is -2.15. The number of carboxylic acids is 1. The first-order valence-corrected chi connectivity index (χ1v) is 6.65. The van der Waals surface area contributed by atoms with Gasteiger partial charge in [-0.2, -0.15) is 0 Å². The van der Waals surface area contributed by atoms with Crippen LogP contribution in [0.15, 0.2) is 28.8 Å². The summed E-state index contributed by atoms with van der Waals surface area (Å²) >= 11 is 0. The number of aromatic carboxylic acids is 1. The van der Waals surface area contributed by atoms with Gasteiger partial charge in [-0.3, -0.25) is 4.79 Å². The van der Waals surface area contributed by atoms with E-state index in [0.717, 1.165) is 0 Å². The van der Waals surface area contributed by atoms with Crippen LogP contribution in [-0.2, 0) is 0 Å². The molecule has 2 aromatic rings. The lowest BCUT2D eigenvalue weighted by Crippen LogP contribution is -2.14. The third-order valence-electron chi connectivity index (χ3n) is 2.69. The van der Waals surface area contributed by atoms with Gasteiger partial charge in [-0.15, -0.1) is 0 Å². The van der Waals surface area contributed by atoms with Crippen LogP contribution in [0.25, 0.3) is 0 Å². The summed E-state index contributed by atoms with van der Waals surface area (Å²) in [6, 6.07) is 5.74. The zero-order valence-electron chi connectivity index (χ0n) is 12.4. The molecule has 7 heteroatoms. The number of aryl methyl sites for hydroxylation is 1. The number of hydrogen-bond acceptors (Lipinski definition) is 5. The molecule has 1 heterocycles. The van der Waals surface area contributed by atoms with Crippen molar-refractivity contribution in [2.75, 3.05) is 5.32 Å². The van der Waals surface area contributed by atoms with Gasteiger partial charge in [0.25, 0.3) is 5.91 Å². The molecule has 7 nitrogen and oxygen atoms in total. The van der Waals surface area contributed by atoms with E-state index < -0.39 is 11.9 Å². The van der Waals surface area contributed by atoms with E-state index in [0.29, 0.717) is 11.4 Å². The lowest BCUT2D eigenvalue weighted by atomic mass is 10.2. The lowest BCUT2D eigenvalue weighted by molar-refractivity contribution is 0.0696. The van der Waals surface area contributed by atoms with Gasteiger partial charge in [0.2, 0.25) is 5.76 Å². The van der Waals surface area contributed by atoms with E-state index in [1.54, 1.807) is 6.92 Å². The first-order valence-electron chi connectivity index (χ1n) is 6.65. The van der Waals surface area contributed by atoms with Crippen molar-refractivity contribution in [2.45, 2.75) is 26.9 Å². The monoisotopic (exact) mass is 304 g/mol. The third-order valence-corrected chi connectivity index (χ3v) is 2.69. The van der Waals surface area contributed by atoms with Gasteiger partial charge in [-0.05, 0) is 39.0 Å². The Morgan fingerprint density at radius 2 is 2.05 bits per heavy atom.